The monoisotopic (exact) mass is 436 g/mol. The molecule has 0 atom stereocenters. The second-order valence-corrected chi connectivity index (χ2v) is 7.46. The van der Waals surface area contributed by atoms with Gasteiger partial charge in [0.05, 0.1) is 16.4 Å². The zero-order chi connectivity index (χ0) is 21.8. The first-order chi connectivity index (χ1) is 15.0. The summed E-state index contributed by atoms with van der Waals surface area (Å²) in [5.41, 5.74) is 2.37. The molecule has 0 saturated heterocycles. The van der Waals surface area contributed by atoms with Gasteiger partial charge in [-0.1, -0.05) is 54.1 Å². The summed E-state index contributed by atoms with van der Waals surface area (Å²) in [5.74, 6) is 0.496. The van der Waals surface area contributed by atoms with Crippen molar-refractivity contribution in [2.75, 3.05) is 10.6 Å². The van der Waals surface area contributed by atoms with Gasteiger partial charge in [0.25, 0.3) is 11.3 Å². The van der Waals surface area contributed by atoms with Crippen molar-refractivity contribution in [3.63, 3.8) is 0 Å². The van der Waals surface area contributed by atoms with Crippen molar-refractivity contribution in [3.05, 3.63) is 86.8 Å². The van der Waals surface area contributed by atoms with Crippen LogP contribution in [0.15, 0.2) is 59.4 Å². The third-order valence-corrected chi connectivity index (χ3v) is 5.18. The van der Waals surface area contributed by atoms with E-state index >= 15 is 0 Å². The zero-order valence-electron chi connectivity index (χ0n) is 16.9. The van der Waals surface area contributed by atoms with Crippen molar-refractivity contribution in [2.24, 2.45) is 0 Å². The van der Waals surface area contributed by atoms with E-state index in [1.165, 1.54) is 4.52 Å². The number of carbonyl (C=O) groups excluding carboxylic acids is 1. The first-order valence-corrected chi connectivity index (χ1v) is 10.2. The first-order valence-electron chi connectivity index (χ1n) is 9.81. The number of aromatic nitrogens is 4. The Balaban J connectivity index is 1.47. The van der Waals surface area contributed by atoms with E-state index in [-0.39, 0.29) is 30.1 Å². The Hall–Kier alpha value is -3.65. The van der Waals surface area contributed by atoms with Gasteiger partial charge in [0.1, 0.15) is 0 Å². The normalized spacial score (nSPS) is 10.9. The van der Waals surface area contributed by atoms with Crippen LogP contribution in [0.1, 0.15) is 23.2 Å². The number of H-pyrrole nitrogens is 1. The Kier molecular flexibility index (Phi) is 5.99. The summed E-state index contributed by atoms with van der Waals surface area (Å²) < 4.78 is 1.29. The average molecular weight is 437 g/mol. The SMILES string of the molecule is Cc1nc2nc(NCc3ccccc3)[nH]n2c(=O)c1CCC(=O)Nc1ccccc1Cl. The molecule has 0 aliphatic heterocycles. The number of aromatic amines is 1. The third-order valence-electron chi connectivity index (χ3n) is 4.85. The lowest BCUT2D eigenvalue weighted by Crippen LogP contribution is -2.23. The number of fused-ring (bicyclic) bond motifs is 1. The molecule has 0 radical (unpaired) electrons. The molecular formula is C22H21ClN6O2. The van der Waals surface area contributed by atoms with Crippen LogP contribution < -0.4 is 16.2 Å². The van der Waals surface area contributed by atoms with Crippen LogP contribution in [-0.2, 0) is 17.8 Å². The maximum atomic E-state index is 12.9. The van der Waals surface area contributed by atoms with E-state index in [0.717, 1.165) is 5.56 Å². The Morgan fingerprint density at radius 1 is 1.10 bits per heavy atom. The van der Waals surface area contributed by atoms with Crippen LogP contribution in [0.5, 0.6) is 0 Å². The van der Waals surface area contributed by atoms with Crippen molar-refractivity contribution in [1.82, 2.24) is 19.6 Å². The number of hydrogen-bond donors (Lipinski definition) is 3. The van der Waals surface area contributed by atoms with Gasteiger partial charge in [0.2, 0.25) is 11.9 Å². The fourth-order valence-electron chi connectivity index (χ4n) is 3.22. The first kappa shape index (κ1) is 20.6. The molecule has 0 fully saturated rings. The number of halogens is 1. The second-order valence-electron chi connectivity index (χ2n) is 7.06. The van der Waals surface area contributed by atoms with E-state index in [0.29, 0.717) is 34.5 Å². The molecule has 3 N–H and O–H groups in total. The van der Waals surface area contributed by atoms with E-state index in [1.54, 1.807) is 31.2 Å². The molecule has 0 unspecified atom stereocenters. The molecule has 0 aliphatic rings. The van der Waals surface area contributed by atoms with Crippen molar-refractivity contribution >= 4 is 34.9 Å². The lowest BCUT2D eigenvalue weighted by molar-refractivity contribution is -0.116. The number of hydrogen-bond acceptors (Lipinski definition) is 5. The smallest absolute Gasteiger partial charge is 0.277 e. The minimum Gasteiger partial charge on any atom is -0.351 e. The van der Waals surface area contributed by atoms with Gasteiger partial charge in [-0.05, 0) is 31.0 Å². The Bertz CT molecular complexity index is 1280. The molecule has 8 nitrogen and oxygen atoms in total. The van der Waals surface area contributed by atoms with Crippen molar-refractivity contribution in [3.8, 4) is 0 Å². The summed E-state index contributed by atoms with van der Waals surface area (Å²) in [4.78, 5) is 34.0. The summed E-state index contributed by atoms with van der Waals surface area (Å²) in [6.07, 6.45) is 0.380. The van der Waals surface area contributed by atoms with Gasteiger partial charge in [-0.2, -0.15) is 9.50 Å². The van der Waals surface area contributed by atoms with E-state index in [4.69, 9.17) is 11.6 Å². The van der Waals surface area contributed by atoms with Crippen LogP contribution in [0.3, 0.4) is 0 Å². The van der Waals surface area contributed by atoms with Crippen LogP contribution in [0.25, 0.3) is 5.78 Å². The van der Waals surface area contributed by atoms with Gasteiger partial charge < -0.3 is 10.6 Å². The number of para-hydroxylation sites is 1. The van der Waals surface area contributed by atoms with Crippen molar-refractivity contribution < 1.29 is 4.79 Å². The minimum absolute atomic E-state index is 0.127. The molecule has 9 heteroatoms. The van der Waals surface area contributed by atoms with E-state index in [1.807, 2.05) is 30.3 Å². The summed E-state index contributed by atoms with van der Waals surface area (Å²) in [6.45, 7) is 2.30. The molecule has 31 heavy (non-hydrogen) atoms. The highest BCUT2D eigenvalue weighted by Gasteiger charge is 2.15. The highest BCUT2D eigenvalue weighted by molar-refractivity contribution is 6.33. The Morgan fingerprint density at radius 3 is 2.61 bits per heavy atom. The Labute approximate surface area is 183 Å². The maximum Gasteiger partial charge on any atom is 0.277 e. The molecule has 0 bridgehead atoms. The number of benzene rings is 2. The molecular weight excluding hydrogens is 416 g/mol. The fourth-order valence-corrected chi connectivity index (χ4v) is 3.40. The Morgan fingerprint density at radius 2 is 1.84 bits per heavy atom. The van der Waals surface area contributed by atoms with E-state index < -0.39 is 0 Å². The summed E-state index contributed by atoms with van der Waals surface area (Å²) in [5, 5.41) is 9.32. The maximum absolute atomic E-state index is 12.9. The fraction of sp³-hybridized carbons (Fsp3) is 0.182. The summed E-state index contributed by atoms with van der Waals surface area (Å²) in [6, 6.07) is 16.9. The molecule has 0 aliphatic carbocycles. The number of aryl methyl sites for hydroxylation is 1. The number of anilines is 2. The number of rotatable bonds is 7. The number of carbonyl (C=O) groups is 1. The van der Waals surface area contributed by atoms with E-state index in [9.17, 15) is 9.59 Å². The quantitative estimate of drug-likeness (QED) is 0.411. The molecule has 0 saturated carbocycles. The highest BCUT2D eigenvalue weighted by atomic mass is 35.5. The summed E-state index contributed by atoms with van der Waals surface area (Å²) in [7, 11) is 0. The molecule has 2 heterocycles. The standard InChI is InChI=1S/C22H21ClN6O2/c1-14-16(11-12-19(30)26-18-10-6-5-9-17(18)23)20(31)29-22(25-14)27-21(28-29)24-13-15-7-3-2-4-8-15/h2-10H,11-13H2,1H3,(H,26,30)(H2,24,25,27,28). The van der Waals surface area contributed by atoms with Crippen LogP contribution in [0.4, 0.5) is 11.6 Å². The number of amides is 1. The van der Waals surface area contributed by atoms with Crippen LogP contribution in [0, 0.1) is 6.92 Å². The lowest BCUT2D eigenvalue weighted by atomic mass is 10.1. The second kappa shape index (κ2) is 9.01. The van der Waals surface area contributed by atoms with Crippen molar-refractivity contribution in [1.29, 1.82) is 0 Å². The molecule has 2 aromatic carbocycles. The molecule has 2 aromatic heterocycles. The van der Waals surface area contributed by atoms with E-state index in [2.05, 4.69) is 25.7 Å². The third kappa shape index (κ3) is 4.75. The van der Waals surface area contributed by atoms with Gasteiger partial charge in [-0.25, -0.2) is 4.98 Å². The number of nitrogens with one attached hydrogen (secondary N) is 3. The van der Waals surface area contributed by atoms with Gasteiger partial charge in [-0.15, -0.1) is 0 Å². The number of nitrogens with zero attached hydrogens (tertiary/aromatic N) is 3. The molecule has 0 spiro atoms. The predicted molar refractivity (Wildman–Crippen MR) is 121 cm³/mol. The van der Waals surface area contributed by atoms with Crippen LogP contribution in [-0.4, -0.2) is 25.5 Å². The topological polar surface area (TPSA) is 104 Å². The lowest BCUT2D eigenvalue weighted by Gasteiger charge is -2.08. The van der Waals surface area contributed by atoms with Gasteiger partial charge >= 0.3 is 0 Å². The molecule has 158 valence electrons. The minimum atomic E-state index is -0.270. The highest BCUT2D eigenvalue weighted by Crippen LogP contribution is 2.20. The molecule has 4 rings (SSSR count). The largest absolute Gasteiger partial charge is 0.351 e. The summed E-state index contributed by atoms with van der Waals surface area (Å²) >= 11 is 6.07. The molecule has 4 aromatic rings. The van der Waals surface area contributed by atoms with Gasteiger partial charge in [0, 0.05) is 18.5 Å². The van der Waals surface area contributed by atoms with Gasteiger partial charge in [0.15, 0.2) is 0 Å². The van der Waals surface area contributed by atoms with Crippen LogP contribution >= 0.6 is 11.6 Å². The predicted octanol–water partition coefficient (Wildman–Crippen LogP) is 3.56. The van der Waals surface area contributed by atoms with Crippen molar-refractivity contribution in [2.45, 2.75) is 26.3 Å². The average Bonchev–Trinajstić information content (AvgIpc) is 3.17. The van der Waals surface area contributed by atoms with Crippen LogP contribution in [0.2, 0.25) is 5.02 Å². The van der Waals surface area contributed by atoms with Gasteiger partial charge in [-0.3, -0.25) is 14.7 Å². The zero-order valence-corrected chi connectivity index (χ0v) is 17.6. The molecule has 1 amide bonds.